The molecule has 0 amide bonds. The van der Waals surface area contributed by atoms with E-state index in [-0.39, 0.29) is 6.71 Å². The van der Waals surface area contributed by atoms with Gasteiger partial charge < -0.3 is 4.90 Å². The Hall–Kier alpha value is -4.16. The lowest BCUT2D eigenvalue weighted by molar-refractivity contribution is 1.35. The molecule has 0 spiro atoms. The van der Waals surface area contributed by atoms with Crippen molar-refractivity contribution in [3.8, 4) is 22.3 Å². The lowest BCUT2D eigenvalue weighted by Crippen LogP contribution is -2.52. The molecule has 0 aliphatic carbocycles. The predicted octanol–water partition coefficient (Wildman–Crippen LogP) is 9.28. The van der Waals surface area contributed by atoms with Gasteiger partial charge in [-0.2, -0.15) is 0 Å². The molecule has 0 N–H and O–H groups in total. The molecule has 41 heavy (non-hydrogen) atoms. The minimum atomic E-state index is 0.240. The average Bonchev–Trinajstić information content (AvgIpc) is 3.79. The third-order valence-corrected chi connectivity index (χ3v) is 12.2. The fourth-order valence-electron chi connectivity index (χ4n) is 7.11. The number of nitrogens with zero attached hydrogens (tertiary/aromatic N) is 1. The third kappa shape index (κ3) is 2.91. The fraction of sp³-hybridized carbons (Fsp3) is 0. The van der Waals surface area contributed by atoms with Gasteiger partial charge in [0.15, 0.2) is 0 Å². The Bertz CT molecular complexity index is 2340. The molecule has 3 aromatic heterocycles. The van der Waals surface area contributed by atoms with Gasteiger partial charge in [-0.3, -0.25) is 0 Å². The zero-order valence-electron chi connectivity index (χ0n) is 21.8. The summed E-state index contributed by atoms with van der Waals surface area (Å²) in [6.45, 7) is 0.240. The van der Waals surface area contributed by atoms with E-state index in [1.54, 1.807) is 0 Å². The minimum absolute atomic E-state index is 0.240. The van der Waals surface area contributed by atoms with Crippen LogP contribution in [0.15, 0.2) is 121 Å². The molecule has 0 fully saturated rings. The van der Waals surface area contributed by atoms with Gasteiger partial charge >= 0.3 is 0 Å². The van der Waals surface area contributed by atoms with Crippen LogP contribution in [0.3, 0.4) is 0 Å². The van der Waals surface area contributed by atoms with Crippen molar-refractivity contribution in [2.24, 2.45) is 0 Å². The maximum atomic E-state index is 2.59. The highest BCUT2D eigenvalue weighted by Crippen LogP contribution is 2.51. The number of hydrogen-bond acceptors (Lipinski definition) is 4. The Morgan fingerprint density at radius 1 is 0.512 bits per heavy atom. The lowest BCUT2D eigenvalue weighted by atomic mass is 9.43. The van der Waals surface area contributed by atoms with Crippen molar-refractivity contribution < 1.29 is 0 Å². The first-order valence-electron chi connectivity index (χ1n) is 13.9. The number of rotatable bonds is 2. The standard InChI is InChI=1S/C36H20BNS3/c1-2-10-21(11-3-1)22-18-19-26-33-31(22)32-24-13-5-8-16-29(24)40-35(32)37(33)36-34(25-14-6-9-17-30(25)41-36)38(26)27-20-39-28-15-7-4-12-23(27)28/h1-20H. The molecular formula is C36H20BNS3. The zero-order chi connectivity index (χ0) is 26.7. The highest BCUT2D eigenvalue weighted by atomic mass is 32.1. The highest BCUT2D eigenvalue weighted by molar-refractivity contribution is 7.41. The van der Waals surface area contributed by atoms with Crippen LogP contribution in [0.2, 0.25) is 0 Å². The Morgan fingerprint density at radius 3 is 2.00 bits per heavy atom. The van der Waals surface area contributed by atoms with Crippen molar-refractivity contribution >= 4 is 103 Å². The van der Waals surface area contributed by atoms with Gasteiger partial charge in [0.2, 0.25) is 0 Å². The highest BCUT2D eigenvalue weighted by Gasteiger charge is 2.47. The number of thiophene rings is 3. The molecule has 190 valence electrons. The molecule has 0 saturated heterocycles. The van der Waals surface area contributed by atoms with Gasteiger partial charge in [0.1, 0.15) is 0 Å². The number of benzene rings is 5. The fourth-order valence-corrected chi connectivity index (χ4v) is 10.8. The van der Waals surface area contributed by atoms with Gasteiger partial charge in [-0.1, -0.05) is 91.0 Å². The Labute approximate surface area is 249 Å². The molecule has 0 atom stereocenters. The quantitative estimate of drug-likeness (QED) is 0.186. The van der Waals surface area contributed by atoms with Crippen LogP contribution in [0.25, 0.3) is 52.5 Å². The summed E-state index contributed by atoms with van der Waals surface area (Å²) in [7, 11) is 0. The van der Waals surface area contributed by atoms with Crippen molar-refractivity contribution in [2.45, 2.75) is 0 Å². The first-order chi connectivity index (χ1) is 20.4. The molecule has 8 aromatic rings. The van der Waals surface area contributed by atoms with Crippen molar-refractivity contribution in [3.63, 3.8) is 0 Å². The molecule has 5 heterocycles. The Kier molecular flexibility index (Phi) is 4.51. The normalized spacial score (nSPS) is 13.3. The molecule has 2 aliphatic rings. The minimum Gasteiger partial charge on any atom is -0.309 e. The van der Waals surface area contributed by atoms with E-state index in [1.807, 2.05) is 34.0 Å². The maximum absolute atomic E-state index is 2.59. The van der Waals surface area contributed by atoms with Gasteiger partial charge in [-0.05, 0) is 62.1 Å². The molecule has 5 aromatic carbocycles. The third-order valence-electron chi connectivity index (χ3n) is 8.75. The van der Waals surface area contributed by atoms with E-state index < -0.39 is 0 Å². The molecule has 0 unspecified atom stereocenters. The van der Waals surface area contributed by atoms with Crippen LogP contribution in [0, 0.1) is 0 Å². The SMILES string of the molecule is c1ccc(-c2ccc3c4c2-c2c(sc5ccccc25)B4c2sc4ccccc4c2N3c2csc3ccccc23)cc1. The number of hydrogen-bond donors (Lipinski definition) is 0. The summed E-state index contributed by atoms with van der Waals surface area (Å²) in [6, 6.07) is 42.6. The van der Waals surface area contributed by atoms with Crippen LogP contribution in [0.1, 0.15) is 0 Å². The van der Waals surface area contributed by atoms with Crippen LogP contribution in [0.5, 0.6) is 0 Å². The summed E-state index contributed by atoms with van der Waals surface area (Å²) in [4.78, 5) is 2.59. The zero-order valence-corrected chi connectivity index (χ0v) is 24.2. The second kappa shape index (κ2) is 8.20. The number of fused-ring (bicyclic) bond motifs is 10. The number of anilines is 3. The molecule has 0 saturated carbocycles. The lowest BCUT2D eigenvalue weighted by Gasteiger charge is -2.34. The summed E-state index contributed by atoms with van der Waals surface area (Å²) in [5, 5.41) is 6.40. The summed E-state index contributed by atoms with van der Waals surface area (Å²) in [5.41, 5.74) is 10.9. The van der Waals surface area contributed by atoms with E-state index in [0.717, 1.165) is 0 Å². The summed E-state index contributed by atoms with van der Waals surface area (Å²) in [5.74, 6) is 0. The van der Waals surface area contributed by atoms with Crippen molar-refractivity contribution in [2.75, 3.05) is 4.90 Å². The van der Waals surface area contributed by atoms with E-state index in [0.29, 0.717) is 0 Å². The second-order valence-corrected chi connectivity index (χ2v) is 13.9. The Morgan fingerprint density at radius 2 is 1.17 bits per heavy atom. The van der Waals surface area contributed by atoms with Gasteiger partial charge in [0.05, 0.1) is 11.4 Å². The molecule has 1 nitrogen and oxygen atoms in total. The largest absolute Gasteiger partial charge is 0.309 e. The first kappa shape index (κ1) is 22.5. The van der Waals surface area contributed by atoms with Gasteiger partial charge in [0, 0.05) is 40.7 Å². The van der Waals surface area contributed by atoms with Crippen LogP contribution >= 0.6 is 34.0 Å². The summed E-state index contributed by atoms with van der Waals surface area (Å²) in [6.07, 6.45) is 0. The van der Waals surface area contributed by atoms with Gasteiger partial charge in [-0.15, -0.1) is 34.0 Å². The van der Waals surface area contributed by atoms with Crippen molar-refractivity contribution in [3.05, 3.63) is 121 Å². The summed E-state index contributed by atoms with van der Waals surface area (Å²) >= 11 is 5.81. The second-order valence-electron chi connectivity index (χ2n) is 10.8. The van der Waals surface area contributed by atoms with E-state index in [9.17, 15) is 0 Å². The van der Waals surface area contributed by atoms with E-state index >= 15 is 0 Å². The van der Waals surface area contributed by atoms with E-state index in [2.05, 4.69) is 126 Å². The van der Waals surface area contributed by atoms with E-state index in [4.69, 9.17) is 0 Å². The van der Waals surface area contributed by atoms with Crippen LogP contribution in [-0.2, 0) is 0 Å². The average molecular weight is 574 g/mol. The van der Waals surface area contributed by atoms with Crippen molar-refractivity contribution in [1.29, 1.82) is 0 Å². The van der Waals surface area contributed by atoms with Gasteiger partial charge in [-0.25, -0.2) is 0 Å². The van der Waals surface area contributed by atoms with Crippen LogP contribution in [-0.4, -0.2) is 6.71 Å². The molecule has 0 radical (unpaired) electrons. The summed E-state index contributed by atoms with van der Waals surface area (Å²) < 4.78 is 7.02. The molecule has 10 rings (SSSR count). The van der Waals surface area contributed by atoms with Crippen molar-refractivity contribution in [1.82, 2.24) is 0 Å². The predicted molar refractivity (Wildman–Crippen MR) is 183 cm³/mol. The Balaban J connectivity index is 1.39. The first-order valence-corrected chi connectivity index (χ1v) is 16.4. The van der Waals surface area contributed by atoms with Crippen LogP contribution in [0.4, 0.5) is 17.1 Å². The molecular weight excluding hydrogens is 553 g/mol. The topological polar surface area (TPSA) is 3.24 Å². The van der Waals surface area contributed by atoms with E-state index in [1.165, 1.54) is 84.6 Å². The van der Waals surface area contributed by atoms with Crippen LogP contribution < -0.4 is 19.9 Å². The maximum Gasteiger partial charge on any atom is 0.273 e. The molecule has 0 bridgehead atoms. The monoisotopic (exact) mass is 573 g/mol. The molecule has 2 aliphatic heterocycles. The smallest absolute Gasteiger partial charge is 0.273 e. The molecule has 5 heteroatoms. The van der Waals surface area contributed by atoms with Gasteiger partial charge in [0.25, 0.3) is 6.71 Å².